The monoisotopic (exact) mass is 716 g/mol. The Labute approximate surface area is 306 Å². The number of para-hydroxylation sites is 1. The van der Waals surface area contributed by atoms with Crippen molar-refractivity contribution in [3.05, 3.63) is 200 Å². The molecule has 0 saturated heterocycles. The van der Waals surface area contributed by atoms with Crippen molar-refractivity contribution in [1.29, 1.82) is 0 Å². The third-order valence-electron chi connectivity index (χ3n) is 8.34. The summed E-state index contributed by atoms with van der Waals surface area (Å²) in [5.74, 6) is 0. The number of benzene rings is 5. The first kappa shape index (κ1) is 35.9. The van der Waals surface area contributed by atoms with Crippen molar-refractivity contribution in [1.82, 2.24) is 0 Å². The number of nitrogens with zero attached hydrogens (tertiary/aromatic N) is 2. The molecule has 0 bridgehead atoms. The Kier molecular flexibility index (Phi) is 12.4. The van der Waals surface area contributed by atoms with E-state index in [4.69, 9.17) is 0 Å². The highest BCUT2D eigenvalue weighted by atomic mass is 79.9. The SMILES string of the molecule is C=C/C=C(\C=C/C)N(C(/C=C\C)=C/C=C/C(C)Br)c1cc2c3ccccc3c(N(C(/C=C\C)=C/C=C)c3ccccc3)cc2c2ccccc12. The molecule has 250 valence electrons. The van der Waals surface area contributed by atoms with Crippen molar-refractivity contribution in [2.24, 2.45) is 0 Å². The molecular formula is C47H45BrN2. The maximum Gasteiger partial charge on any atom is 0.0546 e. The van der Waals surface area contributed by atoms with E-state index in [1.54, 1.807) is 0 Å². The molecule has 1 unspecified atom stereocenters. The lowest BCUT2D eigenvalue weighted by Gasteiger charge is -2.31. The van der Waals surface area contributed by atoms with Crippen LogP contribution in [0.25, 0.3) is 32.3 Å². The van der Waals surface area contributed by atoms with Gasteiger partial charge in [-0.05, 0) is 110 Å². The van der Waals surface area contributed by atoms with Crippen molar-refractivity contribution in [3.63, 3.8) is 0 Å². The molecule has 0 heterocycles. The number of hydrogen-bond donors (Lipinski definition) is 0. The minimum absolute atomic E-state index is 0.255. The standard InChI is InChI=1S/C47H45BrN2/c1-7-20-36(21-8-2)49(38(24-11-5)28-19-25-35(6)48)46-33-44-41-30-16-18-32-43(41)47(34-45(44)40-29-15-17-31-42(40)46)50(37(22-9-3)23-10-4)39-26-13-12-14-27-39/h7-35H,1,3H2,2,4-6H3/b21-8-,23-10-,24-11-,25-19+,36-20+,37-22+,38-28+. The predicted octanol–water partition coefficient (Wildman–Crippen LogP) is 14.2. The second kappa shape index (κ2) is 17.3. The molecule has 50 heavy (non-hydrogen) atoms. The Bertz CT molecular complexity index is 2210. The van der Waals surface area contributed by atoms with E-state index >= 15 is 0 Å². The molecule has 0 saturated carbocycles. The molecule has 5 aromatic rings. The fourth-order valence-electron chi connectivity index (χ4n) is 6.39. The molecule has 0 radical (unpaired) electrons. The first-order valence-electron chi connectivity index (χ1n) is 17.1. The summed E-state index contributed by atoms with van der Waals surface area (Å²) in [5.41, 5.74) is 6.34. The molecule has 3 heteroatoms. The summed E-state index contributed by atoms with van der Waals surface area (Å²) in [7, 11) is 0. The summed E-state index contributed by atoms with van der Waals surface area (Å²) in [4.78, 5) is 4.92. The highest BCUT2D eigenvalue weighted by Gasteiger charge is 2.22. The lowest BCUT2D eigenvalue weighted by molar-refractivity contribution is 1.15. The van der Waals surface area contributed by atoms with E-state index in [0.717, 1.165) is 44.9 Å². The average Bonchev–Trinajstić information content (AvgIpc) is 3.13. The number of fused-ring (bicyclic) bond motifs is 5. The second-order valence-electron chi connectivity index (χ2n) is 11.8. The summed E-state index contributed by atoms with van der Waals surface area (Å²) in [6.45, 7) is 16.4. The quantitative estimate of drug-likeness (QED) is 0.0680. The van der Waals surface area contributed by atoms with Crippen LogP contribution in [-0.2, 0) is 0 Å². The summed E-state index contributed by atoms with van der Waals surface area (Å²) in [5, 5.41) is 7.02. The highest BCUT2D eigenvalue weighted by Crippen LogP contribution is 2.45. The van der Waals surface area contributed by atoms with Crippen LogP contribution in [0.4, 0.5) is 17.1 Å². The van der Waals surface area contributed by atoms with Gasteiger partial charge in [-0.25, -0.2) is 0 Å². The summed E-state index contributed by atoms with van der Waals surface area (Å²) < 4.78 is 0. The van der Waals surface area contributed by atoms with Crippen molar-refractivity contribution in [3.8, 4) is 0 Å². The highest BCUT2D eigenvalue weighted by molar-refractivity contribution is 9.09. The van der Waals surface area contributed by atoms with Crippen LogP contribution in [0, 0.1) is 0 Å². The van der Waals surface area contributed by atoms with Gasteiger partial charge in [-0.3, -0.25) is 0 Å². The molecular weight excluding hydrogens is 672 g/mol. The van der Waals surface area contributed by atoms with E-state index in [0.29, 0.717) is 0 Å². The third kappa shape index (κ3) is 7.75. The van der Waals surface area contributed by atoms with Crippen LogP contribution < -0.4 is 9.80 Å². The average molecular weight is 718 g/mol. The third-order valence-corrected chi connectivity index (χ3v) is 8.65. The maximum absolute atomic E-state index is 4.08. The normalized spacial score (nSPS) is 13.8. The molecule has 0 aliphatic carbocycles. The van der Waals surface area contributed by atoms with Gasteiger partial charge in [0, 0.05) is 38.4 Å². The molecule has 0 amide bonds. The van der Waals surface area contributed by atoms with Gasteiger partial charge in [0.15, 0.2) is 0 Å². The van der Waals surface area contributed by atoms with Crippen molar-refractivity contribution < 1.29 is 0 Å². The lowest BCUT2D eigenvalue weighted by Crippen LogP contribution is -2.20. The molecule has 0 aliphatic rings. The minimum atomic E-state index is 0.255. The first-order chi connectivity index (χ1) is 24.5. The Balaban J connectivity index is 1.95. The molecule has 0 spiro atoms. The zero-order valence-electron chi connectivity index (χ0n) is 29.4. The number of hydrogen-bond acceptors (Lipinski definition) is 2. The van der Waals surface area contributed by atoms with Gasteiger partial charge in [0.1, 0.15) is 0 Å². The number of allylic oxidation sites excluding steroid dienone is 13. The van der Waals surface area contributed by atoms with E-state index in [9.17, 15) is 0 Å². The molecule has 5 rings (SSSR count). The van der Waals surface area contributed by atoms with Gasteiger partial charge in [-0.2, -0.15) is 0 Å². The Morgan fingerprint density at radius 1 is 0.580 bits per heavy atom. The fourth-order valence-corrected chi connectivity index (χ4v) is 6.57. The van der Waals surface area contributed by atoms with Gasteiger partial charge < -0.3 is 9.80 Å². The molecule has 0 fully saturated rings. The van der Waals surface area contributed by atoms with E-state index in [-0.39, 0.29) is 4.83 Å². The zero-order valence-corrected chi connectivity index (χ0v) is 31.0. The summed E-state index contributed by atoms with van der Waals surface area (Å²) in [6.07, 6.45) is 27.0. The van der Waals surface area contributed by atoms with Crippen molar-refractivity contribution in [2.75, 3.05) is 9.80 Å². The van der Waals surface area contributed by atoms with Crippen LogP contribution in [0.1, 0.15) is 27.7 Å². The smallest absolute Gasteiger partial charge is 0.0546 e. The molecule has 0 N–H and O–H groups in total. The second-order valence-corrected chi connectivity index (χ2v) is 13.2. The number of alkyl halides is 1. The van der Waals surface area contributed by atoms with Gasteiger partial charge >= 0.3 is 0 Å². The summed E-state index contributed by atoms with van der Waals surface area (Å²) in [6, 6.07) is 32.8. The van der Waals surface area contributed by atoms with Gasteiger partial charge in [-0.1, -0.05) is 138 Å². The topological polar surface area (TPSA) is 6.48 Å². The number of anilines is 3. The molecule has 2 nitrogen and oxygen atoms in total. The van der Waals surface area contributed by atoms with E-state index in [1.165, 1.54) is 21.5 Å². The van der Waals surface area contributed by atoms with Gasteiger partial charge in [0.25, 0.3) is 0 Å². The lowest BCUT2D eigenvalue weighted by atomic mass is 9.93. The van der Waals surface area contributed by atoms with Gasteiger partial charge in [0.05, 0.1) is 11.4 Å². The van der Waals surface area contributed by atoms with Crippen LogP contribution in [0.3, 0.4) is 0 Å². The minimum Gasteiger partial charge on any atom is -0.310 e. The fraction of sp³-hybridized carbons (Fsp3) is 0.106. The molecule has 0 aliphatic heterocycles. The van der Waals surface area contributed by atoms with Crippen LogP contribution in [0.2, 0.25) is 0 Å². The molecule has 1 atom stereocenters. The first-order valence-corrected chi connectivity index (χ1v) is 18.0. The van der Waals surface area contributed by atoms with Crippen LogP contribution >= 0.6 is 15.9 Å². The Hall–Kier alpha value is -5.38. The number of rotatable bonds is 13. The molecule has 0 aromatic heterocycles. The van der Waals surface area contributed by atoms with Crippen LogP contribution in [-0.4, -0.2) is 4.83 Å². The molecule has 5 aromatic carbocycles. The van der Waals surface area contributed by atoms with Gasteiger partial charge in [0.2, 0.25) is 0 Å². The van der Waals surface area contributed by atoms with Crippen LogP contribution in [0.15, 0.2) is 200 Å². The van der Waals surface area contributed by atoms with Gasteiger partial charge in [-0.15, -0.1) is 0 Å². The Morgan fingerprint density at radius 3 is 1.58 bits per heavy atom. The van der Waals surface area contributed by atoms with E-state index in [1.807, 2.05) is 12.2 Å². The zero-order chi connectivity index (χ0) is 35.5. The number of halogens is 1. The van der Waals surface area contributed by atoms with Crippen molar-refractivity contribution >= 4 is 65.3 Å². The Morgan fingerprint density at radius 2 is 1.04 bits per heavy atom. The van der Waals surface area contributed by atoms with E-state index < -0.39 is 0 Å². The summed E-state index contributed by atoms with van der Waals surface area (Å²) >= 11 is 3.66. The predicted molar refractivity (Wildman–Crippen MR) is 227 cm³/mol. The van der Waals surface area contributed by atoms with E-state index in [2.05, 4.69) is 224 Å². The van der Waals surface area contributed by atoms with Crippen molar-refractivity contribution in [2.45, 2.75) is 32.5 Å². The van der Waals surface area contributed by atoms with Crippen LogP contribution in [0.5, 0.6) is 0 Å². The maximum atomic E-state index is 4.08. The largest absolute Gasteiger partial charge is 0.310 e.